The summed E-state index contributed by atoms with van der Waals surface area (Å²) in [6.45, 7) is 4.23. The van der Waals surface area contributed by atoms with Crippen LogP contribution in [0, 0.1) is 11.3 Å². The first-order valence-corrected chi connectivity index (χ1v) is 8.78. The number of halogens is 1. The third-order valence-corrected chi connectivity index (χ3v) is 5.32. The molecule has 2 aromatic carbocycles. The van der Waals surface area contributed by atoms with Crippen LogP contribution in [0.2, 0.25) is 0 Å². The fourth-order valence-electron chi connectivity index (χ4n) is 3.05. The molecule has 25 heavy (non-hydrogen) atoms. The Kier molecular flexibility index (Phi) is 4.49. The molecule has 0 saturated heterocycles. The van der Waals surface area contributed by atoms with Gasteiger partial charge in [0.1, 0.15) is 0 Å². The van der Waals surface area contributed by atoms with Crippen molar-refractivity contribution in [3.63, 3.8) is 0 Å². The molecule has 0 bridgehead atoms. The molecule has 0 unspecified atom stereocenters. The molecule has 1 aliphatic rings. The fourth-order valence-corrected chi connectivity index (χ4v) is 3.50. The number of benzene rings is 2. The molecule has 126 valence electrons. The van der Waals surface area contributed by atoms with Crippen LogP contribution < -0.4 is 4.90 Å². The van der Waals surface area contributed by atoms with Gasteiger partial charge in [0.05, 0.1) is 22.7 Å². The van der Waals surface area contributed by atoms with E-state index in [1.807, 2.05) is 32.0 Å². The third kappa shape index (κ3) is 2.98. The zero-order chi connectivity index (χ0) is 18.2. The van der Waals surface area contributed by atoms with Gasteiger partial charge in [-0.05, 0) is 65.5 Å². The van der Waals surface area contributed by atoms with Crippen molar-refractivity contribution >= 4 is 33.8 Å². The van der Waals surface area contributed by atoms with Gasteiger partial charge in [-0.25, -0.2) is 0 Å². The Bertz CT molecular complexity index is 912. The van der Waals surface area contributed by atoms with Crippen molar-refractivity contribution in [2.45, 2.75) is 25.7 Å². The molecule has 0 saturated carbocycles. The number of hydrogen-bond acceptors (Lipinski definition) is 3. The van der Waals surface area contributed by atoms with Crippen LogP contribution in [0.15, 0.2) is 40.9 Å². The number of nitriles is 1. The summed E-state index contributed by atoms with van der Waals surface area (Å²) in [4.78, 5) is 26.0. The van der Waals surface area contributed by atoms with E-state index in [0.717, 1.165) is 17.4 Å². The molecule has 4 nitrogen and oxygen atoms in total. The molecule has 0 aliphatic carbocycles. The average Bonchev–Trinajstić information content (AvgIpc) is 2.61. The second-order valence-electron chi connectivity index (χ2n) is 6.61. The molecule has 0 radical (unpaired) electrons. The van der Waals surface area contributed by atoms with Gasteiger partial charge in [-0.1, -0.05) is 18.2 Å². The first-order valence-electron chi connectivity index (χ1n) is 7.99. The summed E-state index contributed by atoms with van der Waals surface area (Å²) in [5, 5.41) is 9.32. The van der Waals surface area contributed by atoms with Crippen LogP contribution in [-0.2, 0) is 11.8 Å². The van der Waals surface area contributed by atoms with Crippen LogP contribution in [0.4, 0.5) is 5.69 Å². The predicted octanol–water partition coefficient (Wildman–Crippen LogP) is 4.27. The van der Waals surface area contributed by atoms with Crippen LogP contribution in [0.3, 0.4) is 0 Å². The van der Waals surface area contributed by atoms with Gasteiger partial charge < -0.3 is 4.90 Å². The van der Waals surface area contributed by atoms with Gasteiger partial charge in [0.25, 0.3) is 5.91 Å². The Balaban J connectivity index is 2.02. The SMILES string of the molecule is CC(C)(C#N)c1ccc2c(c1)CCN(c1cccc(Br)c1C=O)C2=O. The molecule has 0 fully saturated rings. The summed E-state index contributed by atoms with van der Waals surface area (Å²) in [7, 11) is 0. The number of aldehydes is 1. The lowest BCUT2D eigenvalue weighted by Crippen LogP contribution is -2.38. The number of carbonyl (C=O) groups excluding carboxylic acids is 2. The molecule has 3 rings (SSSR count). The Hall–Kier alpha value is -2.45. The topological polar surface area (TPSA) is 61.2 Å². The summed E-state index contributed by atoms with van der Waals surface area (Å²) in [6, 6.07) is 13.3. The summed E-state index contributed by atoms with van der Waals surface area (Å²) in [5.74, 6) is -0.122. The van der Waals surface area contributed by atoms with Crippen molar-refractivity contribution in [2.24, 2.45) is 0 Å². The molecule has 0 aromatic heterocycles. The smallest absolute Gasteiger partial charge is 0.258 e. The molecule has 0 atom stereocenters. The quantitative estimate of drug-likeness (QED) is 0.727. The Morgan fingerprint density at radius 3 is 2.72 bits per heavy atom. The highest BCUT2D eigenvalue weighted by molar-refractivity contribution is 9.10. The van der Waals surface area contributed by atoms with E-state index < -0.39 is 5.41 Å². The van der Waals surface area contributed by atoms with Crippen molar-refractivity contribution in [3.05, 3.63) is 63.1 Å². The monoisotopic (exact) mass is 396 g/mol. The second-order valence-corrected chi connectivity index (χ2v) is 7.46. The Morgan fingerprint density at radius 2 is 2.04 bits per heavy atom. The van der Waals surface area contributed by atoms with Crippen molar-refractivity contribution < 1.29 is 9.59 Å². The average molecular weight is 397 g/mol. The zero-order valence-corrected chi connectivity index (χ0v) is 15.6. The molecule has 1 amide bonds. The normalized spacial score (nSPS) is 14.0. The first-order chi connectivity index (χ1) is 11.9. The standard InChI is InChI=1S/C20H17BrN2O2/c1-20(2,12-22)14-6-7-15-13(10-14)8-9-23(19(15)25)18-5-3-4-17(21)16(18)11-24/h3-7,10-11H,8-9H2,1-2H3. The highest BCUT2D eigenvalue weighted by Crippen LogP contribution is 2.32. The van der Waals surface area contributed by atoms with Crippen LogP contribution in [0.5, 0.6) is 0 Å². The van der Waals surface area contributed by atoms with Crippen molar-refractivity contribution in [2.75, 3.05) is 11.4 Å². The largest absolute Gasteiger partial charge is 0.307 e. The van der Waals surface area contributed by atoms with Gasteiger partial charge in [0.15, 0.2) is 6.29 Å². The van der Waals surface area contributed by atoms with E-state index >= 15 is 0 Å². The number of fused-ring (bicyclic) bond motifs is 1. The summed E-state index contributed by atoms with van der Waals surface area (Å²) in [6.07, 6.45) is 1.45. The number of rotatable bonds is 3. The molecule has 0 N–H and O–H groups in total. The molecule has 0 spiro atoms. The molecule has 5 heteroatoms. The van der Waals surface area contributed by atoms with Crippen LogP contribution in [0.1, 0.15) is 45.7 Å². The van der Waals surface area contributed by atoms with Crippen LogP contribution in [-0.4, -0.2) is 18.7 Å². The van der Waals surface area contributed by atoms with Gasteiger partial charge in [0.2, 0.25) is 0 Å². The van der Waals surface area contributed by atoms with E-state index in [0.29, 0.717) is 34.3 Å². The number of anilines is 1. The maximum atomic E-state index is 13.0. The Labute approximate surface area is 155 Å². The number of carbonyl (C=O) groups is 2. The van der Waals surface area contributed by atoms with Crippen molar-refractivity contribution in [1.82, 2.24) is 0 Å². The van der Waals surface area contributed by atoms with Crippen molar-refractivity contribution in [3.8, 4) is 6.07 Å². The maximum Gasteiger partial charge on any atom is 0.258 e. The minimum atomic E-state index is -0.593. The highest BCUT2D eigenvalue weighted by Gasteiger charge is 2.29. The van der Waals surface area contributed by atoms with Gasteiger partial charge in [-0.2, -0.15) is 5.26 Å². The Morgan fingerprint density at radius 1 is 1.28 bits per heavy atom. The molecule has 2 aromatic rings. The third-order valence-electron chi connectivity index (χ3n) is 4.63. The minimum absolute atomic E-state index is 0.122. The lowest BCUT2D eigenvalue weighted by atomic mass is 9.83. The highest BCUT2D eigenvalue weighted by atomic mass is 79.9. The van der Waals surface area contributed by atoms with Crippen molar-refractivity contribution in [1.29, 1.82) is 5.26 Å². The van der Waals surface area contributed by atoms with E-state index in [-0.39, 0.29) is 5.91 Å². The van der Waals surface area contributed by atoms with E-state index in [9.17, 15) is 14.9 Å². The van der Waals surface area contributed by atoms with Crippen LogP contribution >= 0.6 is 15.9 Å². The summed E-state index contributed by atoms with van der Waals surface area (Å²) in [5.41, 5.74) is 2.98. The van der Waals surface area contributed by atoms with E-state index in [2.05, 4.69) is 22.0 Å². The summed E-state index contributed by atoms with van der Waals surface area (Å²) < 4.78 is 0.671. The second kappa shape index (κ2) is 6.45. The van der Waals surface area contributed by atoms with Gasteiger partial charge in [-0.3, -0.25) is 9.59 Å². The fraction of sp³-hybridized carbons (Fsp3) is 0.250. The zero-order valence-electron chi connectivity index (χ0n) is 14.0. The minimum Gasteiger partial charge on any atom is -0.307 e. The predicted molar refractivity (Wildman–Crippen MR) is 100.0 cm³/mol. The molecule has 1 heterocycles. The molecular weight excluding hydrogens is 380 g/mol. The van der Waals surface area contributed by atoms with Gasteiger partial charge in [-0.15, -0.1) is 0 Å². The van der Waals surface area contributed by atoms with E-state index in [4.69, 9.17) is 0 Å². The molecule has 1 aliphatic heterocycles. The van der Waals surface area contributed by atoms with Crippen LogP contribution in [0.25, 0.3) is 0 Å². The van der Waals surface area contributed by atoms with E-state index in [1.165, 1.54) is 0 Å². The van der Waals surface area contributed by atoms with Gasteiger partial charge in [0, 0.05) is 16.6 Å². The maximum absolute atomic E-state index is 13.0. The number of hydrogen-bond donors (Lipinski definition) is 0. The van der Waals surface area contributed by atoms with E-state index in [1.54, 1.807) is 23.1 Å². The lowest BCUT2D eigenvalue weighted by Gasteiger charge is -2.30. The number of amides is 1. The summed E-state index contributed by atoms with van der Waals surface area (Å²) >= 11 is 3.37. The first kappa shape index (κ1) is 17.4. The molecular formula is C20H17BrN2O2. The lowest BCUT2D eigenvalue weighted by molar-refractivity contribution is 0.0980. The number of nitrogens with zero attached hydrogens (tertiary/aromatic N) is 2. The van der Waals surface area contributed by atoms with Gasteiger partial charge >= 0.3 is 0 Å².